The average Bonchev–Trinajstić information content (AvgIpc) is 3.09. The third kappa shape index (κ3) is 2.49. The lowest BCUT2D eigenvalue weighted by Gasteiger charge is -2.11. The van der Waals surface area contributed by atoms with Crippen LogP contribution in [0.1, 0.15) is 17.3 Å². The van der Waals surface area contributed by atoms with Gasteiger partial charge < -0.3 is 10.3 Å². The minimum absolute atomic E-state index is 0.229. The van der Waals surface area contributed by atoms with Crippen molar-refractivity contribution in [3.63, 3.8) is 0 Å². The lowest BCUT2D eigenvalue weighted by atomic mass is 10.1. The molecule has 0 unspecified atom stereocenters. The minimum atomic E-state index is -0.368. The molecule has 7 nitrogen and oxygen atoms in total. The second kappa shape index (κ2) is 5.23. The summed E-state index contributed by atoms with van der Waals surface area (Å²) < 4.78 is 15.2. The first-order valence-electron chi connectivity index (χ1n) is 8.43. The molecule has 0 atom stereocenters. The summed E-state index contributed by atoms with van der Waals surface area (Å²) in [6.45, 7) is 1.91. The highest BCUT2D eigenvalue weighted by Crippen LogP contribution is 2.28. The van der Waals surface area contributed by atoms with Gasteiger partial charge in [-0.15, -0.1) is 0 Å². The monoisotopic (exact) mass is 362 g/mol. The molecule has 4 aromatic rings. The van der Waals surface area contributed by atoms with Gasteiger partial charge in [0.1, 0.15) is 22.7 Å². The minimum Gasteiger partial charge on any atom is -0.344 e. The second-order valence-corrected chi connectivity index (χ2v) is 6.86. The molecule has 0 radical (unpaired) electrons. The predicted molar refractivity (Wildman–Crippen MR) is 98.6 cm³/mol. The molecule has 1 aromatic carbocycles. The third-order valence-corrected chi connectivity index (χ3v) is 4.73. The number of carbonyl (C=O) groups is 1. The molecule has 0 aliphatic heterocycles. The summed E-state index contributed by atoms with van der Waals surface area (Å²) in [7, 11) is 1.75. The smallest absolute Gasteiger partial charge is 0.256 e. The summed E-state index contributed by atoms with van der Waals surface area (Å²) in [6, 6.07) is 4.48. The molecule has 134 valence electrons. The number of nitrogens with zero attached hydrogens (tertiary/aromatic N) is 4. The van der Waals surface area contributed by atoms with Crippen LogP contribution < -0.4 is 5.32 Å². The van der Waals surface area contributed by atoms with E-state index < -0.39 is 0 Å². The molecule has 27 heavy (non-hydrogen) atoms. The molecule has 0 spiro atoms. The van der Waals surface area contributed by atoms with Gasteiger partial charge in [0.2, 0.25) is 0 Å². The number of H-pyrrole nitrogens is 1. The molecule has 0 saturated heterocycles. The molecule has 3 aromatic heterocycles. The van der Waals surface area contributed by atoms with Gasteiger partial charge in [0, 0.05) is 18.6 Å². The summed E-state index contributed by atoms with van der Waals surface area (Å²) in [5, 5.41) is 8.16. The zero-order valence-electron chi connectivity index (χ0n) is 14.6. The van der Waals surface area contributed by atoms with E-state index in [1.54, 1.807) is 30.2 Å². The van der Waals surface area contributed by atoms with Crippen LogP contribution in [0.25, 0.3) is 33.5 Å². The van der Waals surface area contributed by atoms with Crippen LogP contribution in [-0.2, 0) is 7.05 Å². The molecule has 1 aliphatic carbocycles. The summed E-state index contributed by atoms with van der Waals surface area (Å²) in [5.74, 6) is -0.557. The molecular formula is C19H15FN6O. The lowest BCUT2D eigenvalue weighted by Crippen LogP contribution is -2.35. The fraction of sp³-hybridized carbons (Fsp3) is 0.158. The largest absolute Gasteiger partial charge is 0.344 e. The quantitative estimate of drug-likeness (QED) is 0.549. The van der Waals surface area contributed by atoms with Crippen molar-refractivity contribution >= 4 is 28.0 Å². The van der Waals surface area contributed by atoms with Crippen molar-refractivity contribution in [1.82, 2.24) is 30.0 Å². The van der Waals surface area contributed by atoms with E-state index in [9.17, 15) is 9.18 Å². The molecule has 1 amide bonds. The summed E-state index contributed by atoms with van der Waals surface area (Å²) in [6.07, 6.45) is 7.02. The van der Waals surface area contributed by atoms with Crippen molar-refractivity contribution in [2.75, 3.05) is 0 Å². The van der Waals surface area contributed by atoms with Crippen LogP contribution in [0.3, 0.4) is 0 Å². The molecule has 0 bridgehead atoms. The van der Waals surface area contributed by atoms with E-state index >= 15 is 0 Å². The number of aromatic nitrogens is 5. The Balaban J connectivity index is 1.63. The number of carbonyl (C=O) groups excluding carboxylic acids is 1. The highest BCUT2D eigenvalue weighted by Gasteiger charge is 2.31. The summed E-state index contributed by atoms with van der Waals surface area (Å²) >= 11 is 0. The van der Waals surface area contributed by atoms with Crippen molar-refractivity contribution < 1.29 is 9.18 Å². The maximum Gasteiger partial charge on any atom is 0.256 e. The van der Waals surface area contributed by atoms with Gasteiger partial charge >= 0.3 is 0 Å². The SMILES string of the molecule is Cn1nc(-c2cnc3[nH]cc(C(=O)NC4(C)C=C4)c3n2)c2ccc(F)cc21. The first-order valence-corrected chi connectivity index (χ1v) is 8.43. The molecule has 1 aliphatic rings. The summed E-state index contributed by atoms with van der Waals surface area (Å²) in [4.78, 5) is 24.5. The Morgan fingerprint density at radius 1 is 1.33 bits per heavy atom. The van der Waals surface area contributed by atoms with Gasteiger partial charge in [-0.05, 0) is 25.1 Å². The number of rotatable bonds is 3. The van der Waals surface area contributed by atoms with E-state index in [1.165, 1.54) is 12.1 Å². The lowest BCUT2D eigenvalue weighted by molar-refractivity contribution is 0.0942. The molecule has 0 fully saturated rings. The Kier molecular flexibility index (Phi) is 3.04. The van der Waals surface area contributed by atoms with E-state index in [4.69, 9.17) is 0 Å². The van der Waals surface area contributed by atoms with Crippen molar-refractivity contribution in [1.29, 1.82) is 0 Å². The maximum atomic E-state index is 13.6. The Morgan fingerprint density at radius 3 is 2.93 bits per heavy atom. The molecule has 0 saturated carbocycles. The van der Waals surface area contributed by atoms with Gasteiger partial charge in [-0.2, -0.15) is 5.10 Å². The number of benzene rings is 1. The Hall–Kier alpha value is -3.55. The van der Waals surface area contributed by atoms with E-state index in [0.29, 0.717) is 33.6 Å². The average molecular weight is 362 g/mol. The molecule has 2 N–H and O–H groups in total. The van der Waals surface area contributed by atoms with Gasteiger partial charge in [-0.3, -0.25) is 9.48 Å². The van der Waals surface area contributed by atoms with Crippen molar-refractivity contribution in [2.24, 2.45) is 7.05 Å². The molecule has 5 rings (SSSR count). The molecular weight excluding hydrogens is 347 g/mol. The number of halogens is 1. The van der Waals surface area contributed by atoms with E-state index in [-0.39, 0.29) is 17.3 Å². The number of hydrogen-bond acceptors (Lipinski definition) is 4. The fourth-order valence-corrected chi connectivity index (χ4v) is 3.12. The Bertz CT molecular complexity index is 1260. The van der Waals surface area contributed by atoms with Crippen molar-refractivity contribution in [2.45, 2.75) is 12.5 Å². The second-order valence-electron chi connectivity index (χ2n) is 6.86. The van der Waals surface area contributed by atoms with Gasteiger partial charge in [-0.1, -0.05) is 12.2 Å². The first kappa shape index (κ1) is 15.7. The fourth-order valence-electron chi connectivity index (χ4n) is 3.12. The summed E-state index contributed by atoms with van der Waals surface area (Å²) in [5.41, 5.74) is 2.80. The standard InChI is InChI=1S/C19H15FN6O/c1-19(5-6-19)24-18(27)12-8-21-17-16(12)23-13(9-22-17)15-11-4-3-10(20)7-14(11)26(2)25-15/h3-9H,1-2H3,(H,21,22)(H,24,27). The van der Waals surface area contributed by atoms with Crippen LogP contribution in [-0.4, -0.2) is 36.2 Å². The van der Waals surface area contributed by atoms with Crippen molar-refractivity contribution in [3.05, 3.63) is 54.1 Å². The number of aromatic amines is 1. The third-order valence-electron chi connectivity index (χ3n) is 4.73. The first-order chi connectivity index (χ1) is 12.9. The van der Waals surface area contributed by atoms with E-state index in [1.807, 2.05) is 19.1 Å². The van der Waals surface area contributed by atoms with Crippen LogP contribution in [0.2, 0.25) is 0 Å². The Labute approximate surface area is 152 Å². The number of aryl methyl sites for hydroxylation is 1. The van der Waals surface area contributed by atoms with Crippen LogP contribution in [0, 0.1) is 5.82 Å². The molecule has 8 heteroatoms. The van der Waals surface area contributed by atoms with Gasteiger partial charge in [-0.25, -0.2) is 14.4 Å². The number of fused-ring (bicyclic) bond motifs is 2. The van der Waals surface area contributed by atoms with Crippen LogP contribution in [0.4, 0.5) is 4.39 Å². The maximum absolute atomic E-state index is 13.6. The van der Waals surface area contributed by atoms with E-state index in [2.05, 4.69) is 25.4 Å². The zero-order valence-corrected chi connectivity index (χ0v) is 14.6. The van der Waals surface area contributed by atoms with Crippen molar-refractivity contribution in [3.8, 4) is 11.4 Å². The zero-order chi connectivity index (χ0) is 18.8. The number of hydrogen-bond donors (Lipinski definition) is 2. The van der Waals surface area contributed by atoms with E-state index in [0.717, 1.165) is 5.39 Å². The highest BCUT2D eigenvalue weighted by molar-refractivity contribution is 6.05. The number of nitrogens with one attached hydrogen (secondary N) is 2. The van der Waals surface area contributed by atoms with Gasteiger partial charge in [0.25, 0.3) is 5.91 Å². The normalized spacial score (nSPS) is 14.8. The predicted octanol–water partition coefficient (Wildman–Crippen LogP) is 2.71. The topological polar surface area (TPSA) is 88.5 Å². The highest BCUT2D eigenvalue weighted by atomic mass is 19.1. The van der Waals surface area contributed by atoms with Crippen LogP contribution in [0.15, 0.2) is 42.7 Å². The molecule has 3 heterocycles. The Morgan fingerprint density at radius 2 is 2.15 bits per heavy atom. The number of amides is 1. The van der Waals surface area contributed by atoms with Crippen LogP contribution >= 0.6 is 0 Å². The van der Waals surface area contributed by atoms with Gasteiger partial charge in [0.15, 0.2) is 5.65 Å². The van der Waals surface area contributed by atoms with Gasteiger partial charge in [0.05, 0.1) is 22.8 Å². The van der Waals surface area contributed by atoms with Crippen LogP contribution in [0.5, 0.6) is 0 Å².